The SMILES string of the molecule is CCCCCCCC/C=C\CCCCCCCCCC(=O)OC(COCCCCCCCCCCCC/C=C\CCCCCCCCCC)COC1OC(CO)C(O)C(O)C1O. The van der Waals surface area contributed by atoms with Gasteiger partial charge in [0.2, 0.25) is 0 Å². The molecular formula is C53H100O9. The molecule has 1 aliphatic rings. The van der Waals surface area contributed by atoms with Crippen molar-refractivity contribution in [1.82, 2.24) is 0 Å². The van der Waals surface area contributed by atoms with E-state index >= 15 is 0 Å². The van der Waals surface area contributed by atoms with Crippen LogP contribution in [0, 0.1) is 0 Å². The smallest absolute Gasteiger partial charge is 0.306 e. The van der Waals surface area contributed by atoms with Crippen molar-refractivity contribution >= 4 is 5.97 Å². The Labute approximate surface area is 381 Å². The summed E-state index contributed by atoms with van der Waals surface area (Å²) < 4.78 is 22.9. The second-order valence-corrected chi connectivity index (χ2v) is 18.3. The molecule has 0 aliphatic carbocycles. The molecule has 0 bridgehead atoms. The van der Waals surface area contributed by atoms with Gasteiger partial charge in [-0.15, -0.1) is 0 Å². The highest BCUT2D eigenvalue weighted by molar-refractivity contribution is 5.69. The molecule has 0 aromatic heterocycles. The minimum atomic E-state index is -1.54. The van der Waals surface area contributed by atoms with Crippen LogP contribution in [-0.4, -0.2) is 89.6 Å². The third kappa shape index (κ3) is 35.0. The molecule has 6 unspecified atom stereocenters. The van der Waals surface area contributed by atoms with Gasteiger partial charge < -0.3 is 39.4 Å². The van der Waals surface area contributed by atoms with Crippen molar-refractivity contribution in [3.05, 3.63) is 24.3 Å². The van der Waals surface area contributed by atoms with Crippen molar-refractivity contribution in [1.29, 1.82) is 0 Å². The maximum Gasteiger partial charge on any atom is 0.306 e. The lowest BCUT2D eigenvalue weighted by molar-refractivity contribution is -0.305. The fraction of sp³-hybridized carbons (Fsp3) is 0.906. The van der Waals surface area contributed by atoms with Crippen LogP contribution >= 0.6 is 0 Å². The predicted octanol–water partition coefficient (Wildman–Crippen LogP) is 12.9. The lowest BCUT2D eigenvalue weighted by Gasteiger charge is -2.39. The monoisotopic (exact) mass is 881 g/mol. The Morgan fingerprint density at radius 1 is 0.500 bits per heavy atom. The maximum atomic E-state index is 12.8. The number of ether oxygens (including phenoxy) is 4. The molecule has 62 heavy (non-hydrogen) atoms. The van der Waals surface area contributed by atoms with Crippen LogP contribution in [0.2, 0.25) is 0 Å². The summed E-state index contributed by atoms with van der Waals surface area (Å²) in [5, 5.41) is 40.2. The van der Waals surface area contributed by atoms with Crippen LogP contribution in [0.3, 0.4) is 0 Å². The van der Waals surface area contributed by atoms with Gasteiger partial charge in [-0.05, 0) is 64.2 Å². The van der Waals surface area contributed by atoms with Crippen LogP contribution in [0.25, 0.3) is 0 Å². The molecule has 0 saturated carbocycles. The normalized spacial score (nSPS) is 19.9. The van der Waals surface area contributed by atoms with Crippen LogP contribution in [0.4, 0.5) is 0 Å². The van der Waals surface area contributed by atoms with E-state index in [0.717, 1.165) is 32.1 Å². The van der Waals surface area contributed by atoms with E-state index in [2.05, 4.69) is 38.2 Å². The average Bonchev–Trinajstić information content (AvgIpc) is 3.27. The van der Waals surface area contributed by atoms with E-state index in [9.17, 15) is 25.2 Å². The van der Waals surface area contributed by atoms with Gasteiger partial charge in [-0.25, -0.2) is 0 Å². The summed E-state index contributed by atoms with van der Waals surface area (Å²) in [5.74, 6) is -0.315. The number of esters is 1. The Morgan fingerprint density at radius 2 is 0.887 bits per heavy atom. The second kappa shape index (κ2) is 44.9. The molecule has 9 nitrogen and oxygen atoms in total. The first kappa shape index (κ1) is 58.7. The molecule has 0 amide bonds. The van der Waals surface area contributed by atoms with Crippen LogP contribution < -0.4 is 0 Å². The number of carbonyl (C=O) groups is 1. The molecule has 9 heteroatoms. The highest BCUT2D eigenvalue weighted by Gasteiger charge is 2.44. The van der Waals surface area contributed by atoms with Gasteiger partial charge >= 0.3 is 5.97 Å². The molecule has 0 radical (unpaired) electrons. The van der Waals surface area contributed by atoms with E-state index in [1.54, 1.807) is 0 Å². The van der Waals surface area contributed by atoms with Gasteiger partial charge in [-0.2, -0.15) is 0 Å². The summed E-state index contributed by atoms with van der Waals surface area (Å²) in [6.45, 7) is 4.59. The predicted molar refractivity (Wildman–Crippen MR) is 256 cm³/mol. The Kier molecular flexibility index (Phi) is 42.5. The van der Waals surface area contributed by atoms with Crippen LogP contribution in [0.1, 0.15) is 245 Å². The van der Waals surface area contributed by atoms with Gasteiger partial charge in [-0.1, -0.05) is 199 Å². The zero-order valence-corrected chi connectivity index (χ0v) is 40.4. The van der Waals surface area contributed by atoms with E-state index in [1.807, 2.05) is 0 Å². The summed E-state index contributed by atoms with van der Waals surface area (Å²) in [6.07, 6.45) is 46.4. The van der Waals surface area contributed by atoms with Gasteiger partial charge in [0.15, 0.2) is 6.29 Å². The summed E-state index contributed by atoms with van der Waals surface area (Å²) >= 11 is 0. The zero-order valence-electron chi connectivity index (χ0n) is 40.4. The molecule has 0 spiro atoms. The van der Waals surface area contributed by atoms with E-state index in [4.69, 9.17) is 18.9 Å². The molecule has 1 rings (SSSR count). The second-order valence-electron chi connectivity index (χ2n) is 18.3. The number of aliphatic hydroxyl groups excluding tert-OH is 4. The molecule has 1 fully saturated rings. The molecule has 0 aromatic rings. The largest absolute Gasteiger partial charge is 0.457 e. The van der Waals surface area contributed by atoms with Crippen molar-refractivity contribution in [2.45, 2.75) is 282 Å². The van der Waals surface area contributed by atoms with Gasteiger partial charge in [-0.3, -0.25) is 4.79 Å². The quantitative estimate of drug-likeness (QED) is 0.0268. The zero-order chi connectivity index (χ0) is 45.0. The van der Waals surface area contributed by atoms with Crippen LogP contribution in [0.5, 0.6) is 0 Å². The average molecular weight is 881 g/mol. The van der Waals surface area contributed by atoms with Crippen molar-refractivity contribution in [3.63, 3.8) is 0 Å². The minimum absolute atomic E-state index is 0.112. The Morgan fingerprint density at radius 3 is 1.31 bits per heavy atom. The van der Waals surface area contributed by atoms with Gasteiger partial charge in [0.05, 0.1) is 19.8 Å². The summed E-state index contributed by atoms with van der Waals surface area (Å²) in [4.78, 5) is 12.8. The van der Waals surface area contributed by atoms with Crippen LogP contribution in [0.15, 0.2) is 24.3 Å². The first-order valence-electron chi connectivity index (χ1n) is 26.4. The highest BCUT2D eigenvalue weighted by atomic mass is 16.7. The molecule has 4 N–H and O–H groups in total. The molecule has 1 aliphatic heterocycles. The summed E-state index contributed by atoms with van der Waals surface area (Å²) in [5.41, 5.74) is 0. The Bertz CT molecular complexity index is 1000. The van der Waals surface area contributed by atoms with Crippen molar-refractivity contribution in [2.75, 3.05) is 26.4 Å². The fourth-order valence-electron chi connectivity index (χ4n) is 8.19. The van der Waals surface area contributed by atoms with Gasteiger partial charge in [0.25, 0.3) is 0 Å². The molecule has 366 valence electrons. The lowest BCUT2D eigenvalue weighted by atomic mass is 9.99. The number of aliphatic hydroxyl groups is 4. The van der Waals surface area contributed by atoms with Crippen molar-refractivity contribution in [3.8, 4) is 0 Å². The van der Waals surface area contributed by atoms with Gasteiger partial charge in [0, 0.05) is 13.0 Å². The third-order valence-corrected chi connectivity index (χ3v) is 12.3. The van der Waals surface area contributed by atoms with E-state index in [1.165, 1.54) is 193 Å². The van der Waals surface area contributed by atoms with Crippen molar-refractivity contribution < 1.29 is 44.2 Å². The fourth-order valence-corrected chi connectivity index (χ4v) is 8.19. The summed E-state index contributed by atoms with van der Waals surface area (Å²) in [7, 11) is 0. The Balaban J connectivity index is 2.18. The first-order chi connectivity index (χ1) is 30.4. The van der Waals surface area contributed by atoms with E-state index in [-0.39, 0.29) is 19.2 Å². The lowest BCUT2D eigenvalue weighted by Crippen LogP contribution is -2.59. The number of unbranched alkanes of at least 4 members (excludes halogenated alkanes) is 31. The minimum Gasteiger partial charge on any atom is -0.457 e. The molecule has 6 atom stereocenters. The molecule has 1 heterocycles. The number of carbonyl (C=O) groups excluding carboxylic acids is 1. The maximum absolute atomic E-state index is 12.8. The number of allylic oxidation sites excluding steroid dienone is 4. The topological polar surface area (TPSA) is 135 Å². The summed E-state index contributed by atoms with van der Waals surface area (Å²) in [6, 6.07) is 0. The van der Waals surface area contributed by atoms with E-state index in [0.29, 0.717) is 13.0 Å². The number of hydrogen-bond donors (Lipinski definition) is 4. The number of hydrogen-bond acceptors (Lipinski definition) is 9. The third-order valence-electron chi connectivity index (χ3n) is 12.3. The highest BCUT2D eigenvalue weighted by Crippen LogP contribution is 2.23. The van der Waals surface area contributed by atoms with Crippen LogP contribution in [-0.2, 0) is 23.7 Å². The molecule has 0 aromatic carbocycles. The van der Waals surface area contributed by atoms with Gasteiger partial charge in [0.1, 0.15) is 30.5 Å². The Hall–Kier alpha value is -1.33. The molecule has 1 saturated heterocycles. The standard InChI is InChI=1S/C53H100O9/c1-3-5-7-9-11-13-15-17-19-21-22-23-24-25-27-29-31-33-35-37-39-41-43-59-45-47(46-60-53-52(58)51(57)50(56)48(44-54)62-53)61-49(55)42-40-38-36-34-32-30-28-26-20-18-16-14-12-10-8-6-4-2/h18,20-22,47-48,50-54,56-58H,3-17,19,23-46H2,1-2H3/b20-18-,22-21-. The van der Waals surface area contributed by atoms with E-state index < -0.39 is 43.4 Å². The first-order valence-corrected chi connectivity index (χ1v) is 26.4. The molecular weight excluding hydrogens is 781 g/mol. The number of rotatable bonds is 46. The van der Waals surface area contributed by atoms with Crippen molar-refractivity contribution in [2.24, 2.45) is 0 Å².